The molecule has 1 aromatic carbocycles. The summed E-state index contributed by atoms with van der Waals surface area (Å²) in [6, 6.07) is 10.3. The van der Waals surface area contributed by atoms with Gasteiger partial charge in [0.05, 0.1) is 4.90 Å². The van der Waals surface area contributed by atoms with Gasteiger partial charge < -0.3 is 9.80 Å². The molecule has 7 nitrogen and oxygen atoms in total. The minimum Gasteiger partial charge on any atom is -0.368 e. The number of nitrogens with one attached hydrogen (secondary N) is 1. The van der Waals surface area contributed by atoms with Crippen molar-refractivity contribution < 1.29 is 13.2 Å². The van der Waals surface area contributed by atoms with Crippen LogP contribution in [0.25, 0.3) is 0 Å². The van der Waals surface area contributed by atoms with Crippen molar-refractivity contribution in [3.8, 4) is 0 Å². The van der Waals surface area contributed by atoms with E-state index in [2.05, 4.69) is 14.6 Å². The Kier molecular flexibility index (Phi) is 4.84. The van der Waals surface area contributed by atoms with Crippen LogP contribution in [0.5, 0.6) is 0 Å². The maximum Gasteiger partial charge on any atom is 0.254 e. The molecule has 0 atom stereocenters. The molecule has 1 aliphatic heterocycles. The van der Waals surface area contributed by atoms with E-state index in [0.29, 0.717) is 18.7 Å². The highest BCUT2D eigenvalue weighted by Gasteiger charge is 2.29. The molecule has 0 unspecified atom stereocenters. The molecule has 2 heterocycles. The van der Waals surface area contributed by atoms with Gasteiger partial charge in [0.15, 0.2) is 0 Å². The Labute approximate surface area is 159 Å². The van der Waals surface area contributed by atoms with Gasteiger partial charge in [0.2, 0.25) is 10.0 Å². The van der Waals surface area contributed by atoms with E-state index in [-0.39, 0.29) is 16.8 Å². The Bertz CT molecular complexity index is 921. The predicted octanol–water partition coefficient (Wildman–Crippen LogP) is 1.48. The first kappa shape index (κ1) is 17.9. The molecule has 0 bridgehead atoms. The van der Waals surface area contributed by atoms with Crippen LogP contribution in [-0.4, -0.2) is 56.4 Å². The van der Waals surface area contributed by atoms with E-state index in [1.165, 1.54) is 12.1 Å². The Morgan fingerprint density at radius 1 is 1.04 bits per heavy atom. The number of carbonyl (C=O) groups excluding carboxylic acids is 1. The van der Waals surface area contributed by atoms with Crippen LogP contribution in [0.4, 0.5) is 5.69 Å². The van der Waals surface area contributed by atoms with Gasteiger partial charge in [0, 0.05) is 55.9 Å². The molecule has 1 saturated heterocycles. The quantitative estimate of drug-likeness (QED) is 0.842. The normalized spacial score (nSPS) is 17.8. The van der Waals surface area contributed by atoms with Crippen LogP contribution in [0.3, 0.4) is 0 Å². The molecule has 4 rings (SSSR count). The fraction of sp³-hybridized carbons (Fsp3) is 0.368. The van der Waals surface area contributed by atoms with Crippen molar-refractivity contribution in [1.29, 1.82) is 0 Å². The summed E-state index contributed by atoms with van der Waals surface area (Å²) >= 11 is 0. The SMILES string of the molecule is O=C(c1cccc(S(=O)(=O)NC2CC2)c1)N1CCN(c2ccncc2)CC1. The van der Waals surface area contributed by atoms with Gasteiger partial charge in [0.1, 0.15) is 0 Å². The zero-order valence-corrected chi connectivity index (χ0v) is 15.7. The fourth-order valence-electron chi connectivity index (χ4n) is 3.19. The first-order valence-corrected chi connectivity index (χ1v) is 10.6. The largest absolute Gasteiger partial charge is 0.368 e. The van der Waals surface area contributed by atoms with E-state index < -0.39 is 10.0 Å². The average Bonchev–Trinajstić information content (AvgIpc) is 3.52. The lowest BCUT2D eigenvalue weighted by Crippen LogP contribution is -2.48. The van der Waals surface area contributed by atoms with Crippen LogP contribution in [0.15, 0.2) is 53.7 Å². The van der Waals surface area contributed by atoms with E-state index in [1.807, 2.05) is 12.1 Å². The van der Waals surface area contributed by atoms with Crippen molar-refractivity contribution in [3.05, 3.63) is 54.4 Å². The number of nitrogens with zero attached hydrogens (tertiary/aromatic N) is 3. The van der Waals surface area contributed by atoms with Gasteiger partial charge in [-0.3, -0.25) is 9.78 Å². The van der Waals surface area contributed by atoms with Crippen molar-refractivity contribution in [2.24, 2.45) is 0 Å². The number of hydrogen-bond donors (Lipinski definition) is 1. The fourth-order valence-corrected chi connectivity index (χ4v) is 4.54. The third kappa shape index (κ3) is 4.12. The summed E-state index contributed by atoms with van der Waals surface area (Å²) in [5, 5.41) is 0. The second-order valence-corrected chi connectivity index (χ2v) is 8.62. The zero-order valence-electron chi connectivity index (χ0n) is 14.9. The summed E-state index contributed by atoms with van der Waals surface area (Å²) < 4.78 is 27.4. The van der Waals surface area contributed by atoms with Crippen LogP contribution in [0, 0.1) is 0 Å². The van der Waals surface area contributed by atoms with E-state index in [0.717, 1.165) is 31.6 Å². The molecule has 0 radical (unpaired) electrons. The summed E-state index contributed by atoms with van der Waals surface area (Å²) in [6.45, 7) is 2.66. The maximum absolute atomic E-state index is 12.8. The molecule has 142 valence electrons. The molecule has 1 amide bonds. The highest BCUT2D eigenvalue weighted by molar-refractivity contribution is 7.89. The van der Waals surface area contributed by atoms with Crippen LogP contribution >= 0.6 is 0 Å². The minimum atomic E-state index is -3.56. The predicted molar refractivity (Wildman–Crippen MR) is 102 cm³/mol. The lowest BCUT2D eigenvalue weighted by Gasteiger charge is -2.36. The number of amides is 1. The number of benzene rings is 1. The molecule has 1 aliphatic carbocycles. The van der Waals surface area contributed by atoms with Crippen LogP contribution < -0.4 is 9.62 Å². The van der Waals surface area contributed by atoms with Gasteiger partial charge in [-0.2, -0.15) is 0 Å². The standard InChI is InChI=1S/C19H22N4O3S/c24-19(23-12-10-22(11-13-23)17-6-8-20-9-7-17)15-2-1-3-18(14-15)27(25,26)21-16-4-5-16/h1-3,6-9,14,16,21H,4-5,10-13H2. The lowest BCUT2D eigenvalue weighted by atomic mass is 10.1. The molecular formula is C19H22N4O3S. The third-order valence-corrected chi connectivity index (χ3v) is 6.40. The van der Waals surface area contributed by atoms with Crippen molar-refractivity contribution >= 4 is 21.6 Å². The number of anilines is 1. The molecule has 0 spiro atoms. The van der Waals surface area contributed by atoms with E-state index in [4.69, 9.17) is 0 Å². The molecular weight excluding hydrogens is 364 g/mol. The van der Waals surface area contributed by atoms with Crippen LogP contribution in [0.1, 0.15) is 23.2 Å². The third-order valence-electron chi connectivity index (χ3n) is 4.89. The smallest absolute Gasteiger partial charge is 0.254 e. The Morgan fingerprint density at radius 3 is 2.41 bits per heavy atom. The molecule has 1 aromatic heterocycles. The molecule has 2 aliphatic rings. The minimum absolute atomic E-state index is 0.0376. The summed E-state index contributed by atoms with van der Waals surface area (Å²) in [4.78, 5) is 21.0. The van der Waals surface area contributed by atoms with Crippen LogP contribution in [0.2, 0.25) is 0 Å². The van der Waals surface area contributed by atoms with Crippen molar-refractivity contribution in [2.75, 3.05) is 31.1 Å². The molecule has 27 heavy (non-hydrogen) atoms. The number of pyridine rings is 1. The van der Waals surface area contributed by atoms with Crippen LogP contribution in [-0.2, 0) is 10.0 Å². The van der Waals surface area contributed by atoms with E-state index >= 15 is 0 Å². The molecule has 1 saturated carbocycles. The molecule has 8 heteroatoms. The van der Waals surface area contributed by atoms with Crippen molar-refractivity contribution in [2.45, 2.75) is 23.8 Å². The number of rotatable bonds is 5. The summed E-state index contributed by atoms with van der Waals surface area (Å²) in [5.74, 6) is -0.132. The molecule has 2 aromatic rings. The number of carbonyl (C=O) groups is 1. The topological polar surface area (TPSA) is 82.6 Å². The Hall–Kier alpha value is -2.45. The van der Waals surface area contributed by atoms with Gasteiger partial charge in [-0.05, 0) is 43.2 Å². The van der Waals surface area contributed by atoms with Gasteiger partial charge in [-0.25, -0.2) is 13.1 Å². The van der Waals surface area contributed by atoms with E-state index in [9.17, 15) is 13.2 Å². The number of piperazine rings is 1. The molecule has 2 fully saturated rings. The summed E-state index contributed by atoms with van der Waals surface area (Å²) in [6.07, 6.45) is 5.27. The monoisotopic (exact) mass is 386 g/mol. The highest BCUT2D eigenvalue weighted by Crippen LogP contribution is 2.23. The van der Waals surface area contributed by atoms with Crippen molar-refractivity contribution in [1.82, 2.24) is 14.6 Å². The first-order chi connectivity index (χ1) is 13.0. The number of hydrogen-bond acceptors (Lipinski definition) is 5. The maximum atomic E-state index is 12.8. The number of aromatic nitrogens is 1. The van der Waals surface area contributed by atoms with E-state index in [1.54, 1.807) is 29.4 Å². The van der Waals surface area contributed by atoms with Gasteiger partial charge in [-0.1, -0.05) is 6.07 Å². The lowest BCUT2D eigenvalue weighted by molar-refractivity contribution is 0.0746. The molecule has 1 N–H and O–H groups in total. The Morgan fingerprint density at radius 2 is 1.74 bits per heavy atom. The Balaban J connectivity index is 1.43. The van der Waals surface area contributed by atoms with Crippen molar-refractivity contribution in [3.63, 3.8) is 0 Å². The van der Waals surface area contributed by atoms with Gasteiger partial charge >= 0.3 is 0 Å². The van der Waals surface area contributed by atoms with Gasteiger partial charge in [0.25, 0.3) is 5.91 Å². The second-order valence-electron chi connectivity index (χ2n) is 6.91. The summed E-state index contributed by atoms with van der Waals surface area (Å²) in [7, 11) is -3.56. The average molecular weight is 386 g/mol. The summed E-state index contributed by atoms with van der Waals surface area (Å²) in [5.41, 5.74) is 1.50. The number of sulfonamides is 1. The van der Waals surface area contributed by atoms with Gasteiger partial charge in [-0.15, -0.1) is 0 Å². The highest BCUT2D eigenvalue weighted by atomic mass is 32.2. The first-order valence-electron chi connectivity index (χ1n) is 9.09. The second kappa shape index (κ2) is 7.28. The zero-order chi connectivity index (χ0) is 18.9.